The minimum atomic E-state index is -0.937. The number of amides is 2. The summed E-state index contributed by atoms with van der Waals surface area (Å²) in [5.74, 6) is -0.531. The van der Waals surface area contributed by atoms with Crippen LogP contribution in [0.15, 0.2) is 53.1 Å². The van der Waals surface area contributed by atoms with Crippen LogP contribution in [0.4, 0.5) is 0 Å². The van der Waals surface area contributed by atoms with E-state index in [4.69, 9.17) is 4.65 Å². The Kier molecular flexibility index (Phi) is 7.62. The summed E-state index contributed by atoms with van der Waals surface area (Å²) in [5.41, 5.74) is 4.64. The van der Waals surface area contributed by atoms with E-state index in [-0.39, 0.29) is 47.5 Å². The number of carbonyl (C=O) groups excluding carboxylic acids is 2. The summed E-state index contributed by atoms with van der Waals surface area (Å²) in [4.78, 5) is 29.1. The highest BCUT2D eigenvalue weighted by Gasteiger charge is 2.58. The average molecular weight is 541 g/mol. The molecule has 210 valence electrons. The molecule has 7 heteroatoms. The highest BCUT2D eigenvalue weighted by atomic mass is 16.5. The minimum Gasteiger partial charge on any atom is -0.507 e. The summed E-state index contributed by atoms with van der Waals surface area (Å²) in [6.07, 6.45) is 10.4. The number of fused-ring (bicyclic) bond motifs is 4. The van der Waals surface area contributed by atoms with Crippen molar-refractivity contribution in [2.75, 3.05) is 0 Å². The van der Waals surface area contributed by atoms with Gasteiger partial charge in [0.05, 0.1) is 17.9 Å². The van der Waals surface area contributed by atoms with Gasteiger partial charge in [0.1, 0.15) is 5.75 Å². The van der Waals surface area contributed by atoms with E-state index in [1.165, 1.54) is 23.1 Å². The normalized spacial score (nSPS) is 27.9. The van der Waals surface area contributed by atoms with E-state index in [1.54, 1.807) is 11.0 Å². The van der Waals surface area contributed by atoms with Crippen LogP contribution < -0.4 is 0 Å². The SMILES string of the molecule is CCC1=C2[C@@H](CC/C(C)=C/c3ccc(O)c4ccccc34)OB(O)C[C@@H]2[C@@H]2C(=O)N(C3CCCCC3)C(=O)[C@@H]2C1. The number of allylic oxidation sites excluding steroid dienone is 2. The predicted molar refractivity (Wildman–Crippen MR) is 157 cm³/mol. The molecule has 1 saturated carbocycles. The molecule has 0 spiro atoms. The summed E-state index contributed by atoms with van der Waals surface area (Å²) in [6.45, 7) is 4.23. The highest BCUT2D eigenvalue weighted by molar-refractivity contribution is 6.43. The van der Waals surface area contributed by atoms with E-state index in [0.717, 1.165) is 54.9 Å². The van der Waals surface area contributed by atoms with Crippen LogP contribution in [0, 0.1) is 17.8 Å². The van der Waals surface area contributed by atoms with E-state index in [0.29, 0.717) is 19.2 Å². The number of likely N-dealkylation sites (tertiary alicyclic amines) is 1. The van der Waals surface area contributed by atoms with Crippen LogP contribution in [0.5, 0.6) is 5.75 Å². The van der Waals surface area contributed by atoms with Gasteiger partial charge in [-0.2, -0.15) is 0 Å². The van der Waals surface area contributed by atoms with Gasteiger partial charge in [-0.15, -0.1) is 0 Å². The Morgan fingerprint density at radius 3 is 2.55 bits per heavy atom. The molecule has 3 fully saturated rings. The maximum atomic E-state index is 13.8. The molecule has 2 aliphatic heterocycles. The maximum absolute atomic E-state index is 13.8. The molecule has 2 heterocycles. The van der Waals surface area contributed by atoms with E-state index in [9.17, 15) is 19.7 Å². The Labute approximate surface area is 237 Å². The lowest BCUT2D eigenvalue weighted by Crippen LogP contribution is -2.46. The fraction of sp³-hybridized carbons (Fsp3) is 0.515. The van der Waals surface area contributed by atoms with Gasteiger partial charge in [-0.25, -0.2) is 0 Å². The third kappa shape index (κ3) is 4.81. The molecule has 2 aromatic rings. The van der Waals surface area contributed by atoms with Gasteiger partial charge < -0.3 is 14.8 Å². The van der Waals surface area contributed by atoms with Gasteiger partial charge in [0, 0.05) is 11.4 Å². The van der Waals surface area contributed by atoms with Crippen molar-refractivity contribution in [1.29, 1.82) is 0 Å². The number of benzene rings is 2. The second-order valence-electron chi connectivity index (χ2n) is 12.3. The Balaban J connectivity index is 1.24. The number of carbonyl (C=O) groups is 2. The van der Waals surface area contributed by atoms with Crippen molar-refractivity contribution in [3.8, 4) is 5.75 Å². The maximum Gasteiger partial charge on any atom is 0.455 e. The number of phenols is 1. The smallest absolute Gasteiger partial charge is 0.455 e. The second-order valence-corrected chi connectivity index (χ2v) is 12.3. The summed E-state index contributed by atoms with van der Waals surface area (Å²) in [5, 5.41) is 22.9. The molecular formula is C33H40BNO5. The van der Waals surface area contributed by atoms with Crippen LogP contribution in [0.2, 0.25) is 6.32 Å². The average Bonchev–Trinajstić information content (AvgIpc) is 3.22. The molecule has 4 atom stereocenters. The zero-order valence-corrected chi connectivity index (χ0v) is 23.6. The van der Waals surface area contributed by atoms with Crippen LogP contribution >= 0.6 is 0 Å². The molecular weight excluding hydrogens is 501 g/mol. The van der Waals surface area contributed by atoms with E-state index >= 15 is 0 Å². The summed E-state index contributed by atoms with van der Waals surface area (Å²) in [6, 6.07) is 11.6. The lowest BCUT2D eigenvalue weighted by molar-refractivity contribution is -0.143. The molecule has 2 N–H and O–H groups in total. The van der Waals surface area contributed by atoms with Gasteiger partial charge in [0.25, 0.3) is 0 Å². The lowest BCUT2D eigenvalue weighted by atomic mass is 9.58. The van der Waals surface area contributed by atoms with Crippen molar-refractivity contribution < 1.29 is 24.4 Å². The first kappa shape index (κ1) is 27.3. The molecule has 2 saturated heterocycles. The molecule has 0 unspecified atom stereocenters. The van der Waals surface area contributed by atoms with E-state index in [2.05, 4.69) is 19.9 Å². The molecule has 40 heavy (non-hydrogen) atoms. The molecule has 6 rings (SSSR count). The van der Waals surface area contributed by atoms with Crippen molar-refractivity contribution in [3.05, 3.63) is 58.7 Å². The van der Waals surface area contributed by atoms with Gasteiger partial charge in [-0.1, -0.05) is 73.7 Å². The Bertz CT molecular complexity index is 1380. The first-order valence-electron chi connectivity index (χ1n) is 15.2. The molecule has 0 aromatic heterocycles. The third-order valence-electron chi connectivity index (χ3n) is 9.85. The molecule has 2 amide bonds. The molecule has 4 aliphatic rings. The largest absolute Gasteiger partial charge is 0.507 e. The number of rotatable bonds is 6. The number of imide groups is 1. The van der Waals surface area contributed by atoms with E-state index in [1.807, 2.05) is 30.3 Å². The van der Waals surface area contributed by atoms with Crippen molar-refractivity contribution in [2.24, 2.45) is 17.8 Å². The van der Waals surface area contributed by atoms with Gasteiger partial charge >= 0.3 is 7.12 Å². The fourth-order valence-corrected chi connectivity index (χ4v) is 7.95. The molecule has 0 radical (unpaired) electrons. The Morgan fingerprint density at radius 1 is 1.05 bits per heavy atom. The van der Waals surface area contributed by atoms with Crippen molar-refractivity contribution >= 4 is 35.8 Å². The lowest BCUT2D eigenvalue weighted by Gasteiger charge is -2.43. The van der Waals surface area contributed by atoms with Gasteiger partial charge in [0.15, 0.2) is 0 Å². The van der Waals surface area contributed by atoms with Crippen LogP contribution in [-0.2, 0) is 14.2 Å². The number of hydrogen-bond donors (Lipinski definition) is 2. The number of nitrogens with zero attached hydrogens (tertiary/aromatic N) is 1. The first-order chi connectivity index (χ1) is 19.4. The summed E-state index contributed by atoms with van der Waals surface area (Å²) in [7, 11) is -0.937. The number of phenolic OH excluding ortho intramolecular Hbond substituents is 1. The van der Waals surface area contributed by atoms with Gasteiger partial charge in [-0.3, -0.25) is 14.5 Å². The van der Waals surface area contributed by atoms with Crippen LogP contribution in [0.3, 0.4) is 0 Å². The molecule has 2 aromatic carbocycles. The Morgan fingerprint density at radius 2 is 1.80 bits per heavy atom. The molecule has 2 aliphatic carbocycles. The summed E-state index contributed by atoms with van der Waals surface area (Å²) >= 11 is 0. The van der Waals surface area contributed by atoms with Crippen molar-refractivity contribution in [2.45, 2.75) is 90.1 Å². The van der Waals surface area contributed by atoms with Gasteiger partial charge in [-0.05, 0) is 80.3 Å². The zero-order chi connectivity index (χ0) is 28.0. The molecule has 6 nitrogen and oxygen atoms in total. The topological polar surface area (TPSA) is 87.1 Å². The van der Waals surface area contributed by atoms with Crippen LogP contribution in [0.1, 0.15) is 77.2 Å². The standard InChI is InChI=1S/C33H40BNO5/c1-3-21-18-26-31(33(38)35(32(26)37)23-9-5-4-6-10-23)27-19-34(39)40-29(30(21)27)16-13-20(2)17-22-14-15-28(36)25-12-8-7-11-24(22)25/h7-8,11-12,14-15,17,23,26-27,29,31,36,39H,3-6,9-10,13,16,18-19H2,1-2H3/b20-17+/t26-,27+,29-,31-/m1/s1. The second kappa shape index (κ2) is 11.2. The van der Waals surface area contributed by atoms with Crippen molar-refractivity contribution in [3.63, 3.8) is 0 Å². The third-order valence-corrected chi connectivity index (χ3v) is 9.85. The van der Waals surface area contributed by atoms with Crippen LogP contribution in [0.25, 0.3) is 16.8 Å². The Hall–Kier alpha value is -2.90. The highest BCUT2D eigenvalue weighted by Crippen LogP contribution is 2.52. The molecule has 0 bridgehead atoms. The first-order valence-corrected chi connectivity index (χ1v) is 15.2. The zero-order valence-electron chi connectivity index (χ0n) is 23.6. The fourth-order valence-electron chi connectivity index (χ4n) is 7.95. The van der Waals surface area contributed by atoms with Crippen molar-refractivity contribution in [1.82, 2.24) is 4.90 Å². The number of hydrogen-bond acceptors (Lipinski definition) is 5. The van der Waals surface area contributed by atoms with Crippen LogP contribution in [-0.4, -0.2) is 46.1 Å². The quantitative estimate of drug-likeness (QED) is 0.256. The monoisotopic (exact) mass is 541 g/mol. The summed E-state index contributed by atoms with van der Waals surface area (Å²) < 4.78 is 6.16. The van der Waals surface area contributed by atoms with E-state index < -0.39 is 7.12 Å². The number of aromatic hydroxyl groups is 1. The predicted octanol–water partition coefficient (Wildman–Crippen LogP) is 6.27. The minimum absolute atomic E-state index is 0.0114. The van der Waals surface area contributed by atoms with Gasteiger partial charge in [0.2, 0.25) is 11.8 Å².